The number of rotatable bonds is 4. The van der Waals surface area contributed by atoms with Crippen molar-refractivity contribution in [3.8, 4) is 11.1 Å². The summed E-state index contributed by atoms with van der Waals surface area (Å²) < 4.78 is 20.6. The number of nitrogens with zero attached hydrogens (tertiary/aromatic N) is 5. The van der Waals surface area contributed by atoms with Gasteiger partial charge in [-0.3, -0.25) is 9.69 Å². The van der Waals surface area contributed by atoms with Crippen molar-refractivity contribution in [3.05, 3.63) is 78.3 Å². The number of aromatic nitrogens is 3. The molecule has 5 rings (SSSR count). The lowest BCUT2D eigenvalue weighted by Crippen LogP contribution is -2.49. The molecular formula is C23H22FN5O2. The van der Waals surface area contributed by atoms with E-state index in [2.05, 4.69) is 15.2 Å². The summed E-state index contributed by atoms with van der Waals surface area (Å²) in [6, 6.07) is 13.9. The Kier molecular flexibility index (Phi) is 4.99. The van der Waals surface area contributed by atoms with Crippen molar-refractivity contribution in [2.45, 2.75) is 12.5 Å². The zero-order valence-corrected chi connectivity index (χ0v) is 17.1. The second-order valence-electron chi connectivity index (χ2n) is 7.82. The van der Waals surface area contributed by atoms with Gasteiger partial charge < -0.3 is 9.32 Å². The maximum atomic E-state index is 13.6. The third kappa shape index (κ3) is 3.82. The Morgan fingerprint density at radius 3 is 2.87 bits per heavy atom. The molecule has 158 valence electrons. The molecule has 1 fully saturated rings. The number of amides is 1. The van der Waals surface area contributed by atoms with E-state index >= 15 is 0 Å². The zero-order chi connectivity index (χ0) is 21.4. The number of fused-ring (bicyclic) bond motifs is 1. The van der Waals surface area contributed by atoms with Crippen molar-refractivity contribution < 1.29 is 13.6 Å². The van der Waals surface area contributed by atoms with Crippen LogP contribution in [0.25, 0.3) is 16.6 Å². The molecule has 0 saturated carbocycles. The van der Waals surface area contributed by atoms with Crippen LogP contribution in [-0.4, -0.2) is 57.2 Å². The lowest BCUT2D eigenvalue weighted by Gasteiger charge is -2.38. The number of likely N-dealkylation sites (N-methyl/N-ethyl adjacent to an activating group) is 1. The molecule has 0 bridgehead atoms. The third-order valence-electron chi connectivity index (χ3n) is 5.82. The maximum absolute atomic E-state index is 13.6. The van der Waals surface area contributed by atoms with Crippen LogP contribution in [-0.2, 0) is 11.2 Å². The summed E-state index contributed by atoms with van der Waals surface area (Å²) in [6.07, 6.45) is 3.68. The Morgan fingerprint density at radius 1 is 1.16 bits per heavy atom. The molecule has 1 saturated heterocycles. The molecular weight excluding hydrogens is 397 g/mol. The summed E-state index contributed by atoms with van der Waals surface area (Å²) in [5.74, 6) is 0.428. The van der Waals surface area contributed by atoms with Gasteiger partial charge in [0.2, 0.25) is 5.91 Å². The second kappa shape index (κ2) is 7.96. The Balaban J connectivity index is 1.40. The van der Waals surface area contributed by atoms with E-state index in [4.69, 9.17) is 4.42 Å². The van der Waals surface area contributed by atoms with Crippen molar-refractivity contribution in [1.82, 2.24) is 24.6 Å². The van der Waals surface area contributed by atoms with Gasteiger partial charge in [-0.1, -0.05) is 23.4 Å². The van der Waals surface area contributed by atoms with Crippen LogP contribution in [0, 0.1) is 5.82 Å². The van der Waals surface area contributed by atoms with E-state index in [1.807, 2.05) is 42.4 Å². The minimum atomic E-state index is -0.278. The minimum Gasteiger partial charge on any atom is -0.469 e. The van der Waals surface area contributed by atoms with Gasteiger partial charge in [0.15, 0.2) is 0 Å². The summed E-state index contributed by atoms with van der Waals surface area (Å²) in [7, 11) is 2.03. The fourth-order valence-electron chi connectivity index (χ4n) is 4.06. The van der Waals surface area contributed by atoms with Crippen molar-refractivity contribution in [3.63, 3.8) is 0 Å². The molecule has 0 aliphatic carbocycles. The average Bonchev–Trinajstić information content (AvgIpc) is 3.43. The predicted octanol–water partition coefficient (Wildman–Crippen LogP) is 3.19. The fraction of sp³-hybridized carbons (Fsp3) is 0.261. The Morgan fingerprint density at radius 2 is 2.06 bits per heavy atom. The van der Waals surface area contributed by atoms with Crippen LogP contribution in [0.2, 0.25) is 0 Å². The standard InChI is InChI=1S/C23H22FN5O2/c1-27-9-10-28(22(30)13-19-6-3-11-31-19)15-21(27)23-20-8-7-17(14-29(20)26-25-23)16-4-2-5-18(24)12-16/h2-8,11-12,14,21H,9-10,13,15H2,1H3. The van der Waals surface area contributed by atoms with Gasteiger partial charge in [-0.15, -0.1) is 5.10 Å². The van der Waals surface area contributed by atoms with Crippen LogP contribution in [0.4, 0.5) is 4.39 Å². The molecule has 1 aliphatic rings. The first-order valence-corrected chi connectivity index (χ1v) is 10.2. The smallest absolute Gasteiger partial charge is 0.230 e. The number of carbonyl (C=O) groups excluding carboxylic acids is 1. The molecule has 1 atom stereocenters. The zero-order valence-electron chi connectivity index (χ0n) is 17.1. The molecule has 1 aromatic carbocycles. The highest BCUT2D eigenvalue weighted by Gasteiger charge is 2.31. The molecule has 7 nitrogen and oxygen atoms in total. The average molecular weight is 419 g/mol. The van der Waals surface area contributed by atoms with E-state index in [0.29, 0.717) is 18.8 Å². The fourth-order valence-corrected chi connectivity index (χ4v) is 4.06. The Labute approximate surface area is 178 Å². The molecule has 1 amide bonds. The van der Waals surface area contributed by atoms with Gasteiger partial charge in [0.1, 0.15) is 17.3 Å². The van der Waals surface area contributed by atoms with Crippen LogP contribution in [0.1, 0.15) is 17.5 Å². The van der Waals surface area contributed by atoms with E-state index in [9.17, 15) is 9.18 Å². The van der Waals surface area contributed by atoms with E-state index in [-0.39, 0.29) is 24.2 Å². The molecule has 4 heterocycles. The quantitative estimate of drug-likeness (QED) is 0.508. The van der Waals surface area contributed by atoms with Crippen molar-refractivity contribution in [2.24, 2.45) is 0 Å². The second-order valence-corrected chi connectivity index (χ2v) is 7.82. The summed E-state index contributed by atoms with van der Waals surface area (Å²) in [4.78, 5) is 16.8. The topological polar surface area (TPSA) is 66.9 Å². The first-order valence-electron chi connectivity index (χ1n) is 10.2. The number of pyridine rings is 1. The van der Waals surface area contributed by atoms with Gasteiger partial charge >= 0.3 is 0 Å². The molecule has 0 N–H and O–H groups in total. The van der Waals surface area contributed by atoms with Crippen molar-refractivity contribution in [2.75, 3.05) is 26.7 Å². The van der Waals surface area contributed by atoms with Gasteiger partial charge in [-0.2, -0.15) is 0 Å². The lowest BCUT2D eigenvalue weighted by atomic mass is 10.1. The highest BCUT2D eigenvalue weighted by molar-refractivity contribution is 5.78. The normalized spacial score (nSPS) is 17.4. The van der Waals surface area contributed by atoms with Gasteiger partial charge in [0.25, 0.3) is 0 Å². The third-order valence-corrected chi connectivity index (χ3v) is 5.82. The van der Waals surface area contributed by atoms with Crippen LogP contribution in [0.5, 0.6) is 0 Å². The van der Waals surface area contributed by atoms with Gasteiger partial charge in [-0.25, -0.2) is 8.91 Å². The van der Waals surface area contributed by atoms with Gasteiger partial charge in [-0.05, 0) is 42.9 Å². The monoisotopic (exact) mass is 419 g/mol. The summed E-state index contributed by atoms with van der Waals surface area (Å²) >= 11 is 0. The van der Waals surface area contributed by atoms with Crippen LogP contribution in [0.15, 0.2) is 65.4 Å². The van der Waals surface area contributed by atoms with Gasteiger partial charge in [0.05, 0.1) is 24.2 Å². The van der Waals surface area contributed by atoms with E-state index in [1.165, 1.54) is 12.1 Å². The number of hydrogen-bond donors (Lipinski definition) is 0. The predicted molar refractivity (Wildman–Crippen MR) is 113 cm³/mol. The first kappa shape index (κ1) is 19.4. The number of carbonyl (C=O) groups is 1. The molecule has 31 heavy (non-hydrogen) atoms. The molecule has 8 heteroatoms. The lowest BCUT2D eigenvalue weighted by molar-refractivity contribution is -0.133. The summed E-state index contributed by atoms with van der Waals surface area (Å²) in [5, 5.41) is 8.73. The van der Waals surface area contributed by atoms with E-state index in [1.54, 1.807) is 22.9 Å². The first-order chi connectivity index (χ1) is 15.1. The molecule has 1 unspecified atom stereocenters. The molecule has 1 aliphatic heterocycles. The van der Waals surface area contributed by atoms with Gasteiger partial charge in [0, 0.05) is 31.4 Å². The van der Waals surface area contributed by atoms with E-state index in [0.717, 1.165) is 28.9 Å². The summed E-state index contributed by atoms with van der Waals surface area (Å²) in [6.45, 7) is 1.94. The molecule has 4 aromatic rings. The minimum absolute atomic E-state index is 0.0397. The van der Waals surface area contributed by atoms with Crippen LogP contribution < -0.4 is 0 Å². The highest BCUT2D eigenvalue weighted by Crippen LogP contribution is 2.28. The van der Waals surface area contributed by atoms with Crippen LogP contribution in [0.3, 0.4) is 0 Å². The molecule has 0 spiro atoms. The Hall–Kier alpha value is -3.52. The number of benzene rings is 1. The maximum Gasteiger partial charge on any atom is 0.230 e. The highest BCUT2D eigenvalue weighted by atomic mass is 19.1. The summed E-state index contributed by atoms with van der Waals surface area (Å²) in [5.41, 5.74) is 3.33. The van der Waals surface area contributed by atoms with Crippen LogP contribution >= 0.6 is 0 Å². The Bertz CT molecular complexity index is 1220. The van der Waals surface area contributed by atoms with E-state index < -0.39 is 0 Å². The molecule has 0 radical (unpaired) electrons. The molecule has 3 aromatic heterocycles. The number of hydrogen-bond acceptors (Lipinski definition) is 5. The SMILES string of the molecule is CN1CCN(C(=O)Cc2ccco2)CC1c1nnn2cc(-c3cccc(F)c3)ccc12. The number of furan rings is 1. The number of piperazine rings is 1. The largest absolute Gasteiger partial charge is 0.469 e. The number of halogens is 1. The van der Waals surface area contributed by atoms with Crippen molar-refractivity contribution >= 4 is 11.4 Å². The van der Waals surface area contributed by atoms with Crippen molar-refractivity contribution in [1.29, 1.82) is 0 Å².